The number of aryl methyl sites for hydroxylation is 1. The molecule has 0 bridgehead atoms. The van der Waals surface area contributed by atoms with Gasteiger partial charge >= 0.3 is 1.43 Å². The number of nitrogens with one attached hydrogen (secondary N) is 1. The minimum absolute atomic E-state index is 0. The van der Waals surface area contributed by atoms with E-state index in [-0.39, 0.29) is 1.43 Å². The van der Waals surface area contributed by atoms with Crippen LogP contribution in [0.4, 0.5) is 11.4 Å². The molecular weight excluding hydrogens is 256 g/mol. The van der Waals surface area contributed by atoms with Gasteiger partial charge in [0.1, 0.15) is 0 Å². The Balaban J connectivity index is 0.00000176. The first kappa shape index (κ1) is 13.4. The molecule has 0 saturated carbocycles. The van der Waals surface area contributed by atoms with Crippen molar-refractivity contribution in [1.29, 1.82) is 0 Å². The van der Waals surface area contributed by atoms with E-state index in [1.807, 2.05) is 48.5 Å². The molecule has 103 valence electrons. The molecule has 0 aliphatic heterocycles. The van der Waals surface area contributed by atoms with Crippen molar-refractivity contribution in [3.05, 3.63) is 84.9 Å². The van der Waals surface area contributed by atoms with Crippen molar-refractivity contribution in [3.63, 3.8) is 0 Å². The lowest BCUT2D eigenvalue weighted by molar-refractivity contribution is 1.31. The van der Waals surface area contributed by atoms with E-state index < -0.39 is 0 Å². The van der Waals surface area contributed by atoms with Gasteiger partial charge in [0.05, 0.1) is 5.69 Å². The van der Waals surface area contributed by atoms with Crippen molar-refractivity contribution in [2.24, 2.45) is 0 Å². The van der Waals surface area contributed by atoms with Gasteiger partial charge in [-0.25, -0.2) is 0 Å². The number of nitrogens with zero attached hydrogens (tertiary/aromatic N) is 1. The van der Waals surface area contributed by atoms with Gasteiger partial charge in [-0.05, 0) is 55.3 Å². The SMILES string of the molecule is [CH2]c1cc(C)cc(Nc2ccccc2)c1-c1ccccn1.[H+]. The first-order valence-corrected chi connectivity index (χ1v) is 6.94. The van der Waals surface area contributed by atoms with Gasteiger partial charge in [-0.15, -0.1) is 0 Å². The number of anilines is 2. The van der Waals surface area contributed by atoms with Crippen molar-refractivity contribution < 1.29 is 1.43 Å². The van der Waals surface area contributed by atoms with Crippen LogP contribution in [0, 0.1) is 13.8 Å². The van der Waals surface area contributed by atoms with E-state index in [1.165, 1.54) is 5.56 Å². The van der Waals surface area contributed by atoms with Gasteiger partial charge in [-0.2, -0.15) is 0 Å². The molecule has 0 fully saturated rings. The van der Waals surface area contributed by atoms with Gasteiger partial charge in [-0.1, -0.05) is 30.3 Å². The third-order valence-corrected chi connectivity index (χ3v) is 3.34. The van der Waals surface area contributed by atoms with Crippen molar-refractivity contribution in [2.45, 2.75) is 6.92 Å². The normalized spacial score (nSPS) is 10.4. The number of pyridine rings is 1. The van der Waals surface area contributed by atoms with Crippen LogP contribution in [-0.4, -0.2) is 4.98 Å². The third-order valence-electron chi connectivity index (χ3n) is 3.34. The highest BCUT2D eigenvalue weighted by Crippen LogP contribution is 2.33. The van der Waals surface area contributed by atoms with Crippen LogP contribution in [-0.2, 0) is 0 Å². The van der Waals surface area contributed by atoms with Crippen molar-refractivity contribution >= 4 is 11.4 Å². The van der Waals surface area contributed by atoms with Crippen molar-refractivity contribution in [3.8, 4) is 11.3 Å². The molecule has 2 aromatic carbocycles. The zero-order chi connectivity index (χ0) is 14.7. The van der Waals surface area contributed by atoms with E-state index in [9.17, 15) is 0 Å². The lowest BCUT2D eigenvalue weighted by atomic mass is 9.99. The summed E-state index contributed by atoms with van der Waals surface area (Å²) in [6.07, 6.45) is 1.81. The predicted molar refractivity (Wildman–Crippen MR) is 89.7 cm³/mol. The second kappa shape index (κ2) is 5.80. The summed E-state index contributed by atoms with van der Waals surface area (Å²) in [6.45, 7) is 6.26. The van der Waals surface area contributed by atoms with Crippen molar-refractivity contribution in [1.82, 2.24) is 4.98 Å². The van der Waals surface area contributed by atoms with Crippen LogP contribution < -0.4 is 5.32 Å². The van der Waals surface area contributed by atoms with Gasteiger partial charge in [0.25, 0.3) is 0 Å². The Morgan fingerprint density at radius 3 is 2.48 bits per heavy atom. The lowest BCUT2D eigenvalue weighted by Gasteiger charge is -2.15. The highest BCUT2D eigenvalue weighted by molar-refractivity contribution is 5.83. The molecule has 0 spiro atoms. The Labute approximate surface area is 127 Å². The maximum Gasteiger partial charge on any atom is 1.00 e. The minimum atomic E-state index is 0. The number of aromatic nitrogens is 1. The standard InChI is InChI=1S/C19H17N2/c1-14-12-15(2)19(17-10-6-7-11-20-17)18(13-14)21-16-8-4-3-5-9-16/h3-13,21H,2H2,1H3/p+1. The number of hydrogen-bond acceptors (Lipinski definition) is 2. The van der Waals surface area contributed by atoms with Crippen LogP contribution in [0.5, 0.6) is 0 Å². The second-order valence-electron chi connectivity index (χ2n) is 5.05. The molecule has 1 aromatic heterocycles. The van der Waals surface area contributed by atoms with Gasteiger partial charge in [0.2, 0.25) is 0 Å². The highest BCUT2D eigenvalue weighted by Gasteiger charge is 2.10. The summed E-state index contributed by atoms with van der Waals surface area (Å²) in [5.41, 5.74) is 6.22. The monoisotopic (exact) mass is 274 g/mol. The topological polar surface area (TPSA) is 24.9 Å². The molecule has 0 atom stereocenters. The Morgan fingerprint density at radius 1 is 1.00 bits per heavy atom. The summed E-state index contributed by atoms with van der Waals surface area (Å²) in [4.78, 5) is 4.46. The first-order valence-electron chi connectivity index (χ1n) is 6.94. The molecule has 2 heteroatoms. The average Bonchev–Trinajstić information content (AvgIpc) is 2.48. The molecule has 2 nitrogen and oxygen atoms in total. The molecule has 1 heterocycles. The Kier molecular flexibility index (Phi) is 3.69. The zero-order valence-electron chi connectivity index (χ0n) is 13.0. The number of rotatable bonds is 3. The van der Waals surface area contributed by atoms with E-state index in [2.05, 4.69) is 36.3 Å². The fourth-order valence-corrected chi connectivity index (χ4v) is 2.45. The fourth-order valence-electron chi connectivity index (χ4n) is 2.45. The molecule has 0 amide bonds. The van der Waals surface area contributed by atoms with Gasteiger partial charge in [0, 0.05) is 23.1 Å². The summed E-state index contributed by atoms with van der Waals surface area (Å²) >= 11 is 0. The Bertz CT molecular complexity index is 740. The van der Waals surface area contributed by atoms with Crippen LogP contribution in [0.3, 0.4) is 0 Å². The van der Waals surface area contributed by atoms with E-state index in [4.69, 9.17) is 0 Å². The molecule has 3 rings (SSSR count). The second-order valence-corrected chi connectivity index (χ2v) is 5.05. The van der Waals surface area contributed by atoms with Gasteiger partial charge in [0.15, 0.2) is 0 Å². The average molecular weight is 274 g/mol. The Hall–Kier alpha value is -2.61. The zero-order valence-corrected chi connectivity index (χ0v) is 12.0. The molecule has 0 aliphatic carbocycles. The quantitative estimate of drug-likeness (QED) is 0.719. The predicted octanol–water partition coefficient (Wildman–Crippen LogP) is 5.10. The molecule has 1 N–H and O–H groups in total. The van der Waals surface area contributed by atoms with Gasteiger partial charge in [-0.3, -0.25) is 4.98 Å². The third kappa shape index (κ3) is 2.95. The van der Waals surface area contributed by atoms with Crippen LogP contribution in [0.15, 0.2) is 66.9 Å². The molecule has 0 saturated heterocycles. The summed E-state index contributed by atoms with van der Waals surface area (Å²) in [7, 11) is 0. The lowest BCUT2D eigenvalue weighted by Crippen LogP contribution is -1.97. The number of benzene rings is 2. The summed E-state index contributed by atoms with van der Waals surface area (Å²) < 4.78 is 0. The summed E-state index contributed by atoms with van der Waals surface area (Å²) in [6, 6.07) is 20.3. The first-order chi connectivity index (χ1) is 10.2. The van der Waals surface area contributed by atoms with Crippen LogP contribution in [0.25, 0.3) is 11.3 Å². The van der Waals surface area contributed by atoms with E-state index in [1.54, 1.807) is 6.20 Å². The van der Waals surface area contributed by atoms with E-state index in [0.29, 0.717) is 0 Å². The van der Waals surface area contributed by atoms with Crippen LogP contribution >= 0.6 is 0 Å². The minimum Gasteiger partial charge on any atom is -0.355 e. The number of para-hydroxylation sites is 1. The van der Waals surface area contributed by atoms with E-state index in [0.717, 1.165) is 28.2 Å². The number of hydrogen-bond donors (Lipinski definition) is 1. The molecule has 0 aliphatic rings. The molecule has 0 unspecified atom stereocenters. The maximum absolute atomic E-state index is 4.46. The van der Waals surface area contributed by atoms with Crippen molar-refractivity contribution in [2.75, 3.05) is 5.32 Å². The Morgan fingerprint density at radius 2 is 1.76 bits per heavy atom. The summed E-state index contributed by atoms with van der Waals surface area (Å²) in [5, 5.41) is 3.47. The van der Waals surface area contributed by atoms with Gasteiger partial charge < -0.3 is 5.32 Å². The largest absolute Gasteiger partial charge is 1.00 e. The van der Waals surface area contributed by atoms with Crippen LogP contribution in [0.2, 0.25) is 0 Å². The smallest absolute Gasteiger partial charge is 0.355 e. The molecule has 3 aromatic rings. The molecular formula is C19H18N2+. The van der Waals surface area contributed by atoms with E-state index >= 15 is 0 Å². The molecule has 21 heavy (non-hydrogen) atoms. The summed E-state index contributed by atoms with van der Waals surface area (Å²) in [5.74, 6) is 0. The fraction of sp³-hybridized carbons (Fsp3) is 0.0526. The molecule has 1 radical (unpaired) electrons. The maximum atomic E-state index is 4.46. The van der Waals surface area contributed by atoms with Crippen LogP contribution in [0.1, 0.15) is 12.6 Å². The highest BCUT2D eigenvalue weighted by atomic mass is 14.9.